The Morgan fingerprint density at radius 3 is 2.89 bits per heavy atom. The lowest BCUT2D eigenvalue weighted by atomic mass is 10.1. The Kier molecular flexibility index (Phi) is 2.92. The number of benzene rings is 1. The maximum Gasteiger partial charge on any atom is 0.224 e. The van der Waals surface area contributed by atoms with E-state index in [9.17, 15) is 4.79 Å². The smallest absolute Gasteiger partial charge is 0.224 e. The number of aromatic nitrogens is 1. The first kappa shape index (κ1) is 11.7. The van der Waals surface area contributed by atoms with Crippen molar-refractivity contribution in [2.75, 3.05) is 6.54 Å². The zero-order chi connectivity index (χ0) is 13.2. The molecule has 1 aliphatic rings. The van der Waals surface area contributed by atoms with Gasteiger partial charge in [-0.25, -0.2) is 0 Å². The van der Waals surface area contributed by atoms with Gasteiger partial charge in [0.25, 0.3) is 0 Å². The summed E-state index contributed by atoms with van der Waals surface area (Å²) in [5.41, 5.74) is 0.907. The third-order valence-corrected chi connectivity index (χ3v) is 3.49. The normalized spacial score (nSPS) is 18.8. The van der Waals surface area contributed by atoms with Crippen molar-refractivity contribution in [1.29, 1.82) is 0 Å². The second kappa shape index (κ2) is 4.74. The molecule has 1 aromatic heterocycles. The fourth-order valence-corrected chi connectivity index (χ4v) is 2.45. The van der Waals surface area contributed by atoms with E-state index in [-0.39, 0.29) is 11.8 Å². The quantitative estimate of drug-likeness (QED) is 0.766. The minimum Gasteiger partial charge on any atom is -0.336 e. The Morgan fingerprint density at radius 2 is 2.16 bits per heavy atom. The van der Waals surface area contributed by atoms with E-state index in [1.54, 1.807) is 4.90 Å². The summed E-state index contributed by atoms with van der Waals surface area (Å²) in [4.78, 5) is 18.0. The standard InChI is InChI=1S/C16H14N2O/c1-2-12-7-16(19)18(10-12)11-15-8-13-5-3-4-6-14(13)9-17-15/h1,3-6,8-9,12H,7,10-11H2. The van der Waals surface area contributed by atoms with E-state index in [4.69, 9.17) is 6.42 Å². The molecule has 1 unspecified atom stereocenters. The molecule has 1 saturated heterocycles. The molecule has 1 amide bonds. The number of carbonyl (C=O) groups excluding carboxylic acids is 1. The maximum atomic E-state index is 11.8. The average molecular weight is 250 g/mol. The molecule has 0 radical (unpaired) electrons. The molecule has 3 nitrogen and oxygen atoms in total. The van der Waals surface area contributed by atoms with Crippen molar-refractivity contribution in [1.82, 2.24) is 9.88 Å². The zero-order valence-corrected chi connectivity index (χ0v) is 10.5. The van der Waals surface area contributed by atoms with E-state index in [1.807, 2.05) is 30.5 Å². The topological polar surface area (TPSA) is 33.2 Å². The van der Waals surface area contributed by atoms with E-state index >= 15 is 0 Å². The van der Waals surface area contributed by atoms with E-state index in [0.717, 1.165) is 16.5 Å². The summed E-state index contributed by atoms with van der Waals surface area (Å²) in [7, 11) is 0. The van der Waals surface area contributed by atoms with Gasteiger partial charge in [-0.3, -0.25) is 9.78 Å². The van der Waals surface area contributed by atoms with E-state index in [0.29, 0.717) is 19.5 Å². The first-order valence-electron chi connectivity index (χ1n) is 6.34. The van der Waals surface area contributed by atoms with Gasteiger partial charge < -0.3 is 4.90 Å². The number of rotatable bonds is 2. The van der Waals surface area contributed by atoms with Crippen LogP contribution in [0.3, 0.4) is 0 Å². The second-order valence-electron chi connectivity index (χ2n) is 4.86. The SMILES string of the molecule is C#CC1CC(=O)N(Cc2cc3ccccc3cn2)C1. The summed E-state index contributed by atoms with van der Waals surface area (Å²) in [5.74, 6) is 2.83. The molecule has 1 atom stereocenters. The van der Waals surface area contributed by atoms with Gasteiger partial charge in [-0.1, -0.05) is 24.3 Å². The van der Waals surface area contributed by atoms with Crippen LogP contribution in [0.1, 0.15) is 12.1 Å². The number of terminal acetylenes is 1. The summed E-state index contributed by atoms with van der Waals surface area (Å²) in [6, 6.07) is 10.1. The van der Waals surface area contributed by atoms with Gasteiger partial charge in [-0.05, 0) is 11.5 Å². The third kappa shape index (κ3) is 2.30. The van der Waals surface area contributed by atoms with Crippen molar-refractivity contribution in [3.05, 3.63) is 42.2 Å². The molecule has 1 aliphatic heterocycles. The second-order valence-corrected chi connectivity index (χ2v) is 4.86. The van der Waals surface area contributed by atoms with E-state index in [2.05, 4.69) is 17.0 Å². The Hall–Kier alpha value is -2.34. The fourth-order valence-electron chi connectivity index (χ4n) is 2.45. The van der Waals surface area contributed by atoms with Crippen LogP contribution in [0.25, 0.3) is 10.8 Å². The van der Waals surface area contributed by atoms with Gasteiger partial charge in [-0.15, -0.1) is 12.3 Å². The Bertz CT molecular complexity index is 672. The molecule has 0 bridgehead atoms. The minimum atomic E-state index is 0.0490. The van der Waals surface area contributed by atoms with Crippen LogP contribution >= 0.6 is 0 Å². The Balaban J connectivity index is 1.82. The molecular formula is C16H14N2O. The molecule has 0 aliphatic carbocycles. The summed E-state index contributed by atoms with van der Waals surface area (Å²) in [6.07, 6.45) is 7.69. The van der Waals surface area contributed by atoms with Gasteiger partial charge in [0.05, 0.1) is 12.2 Å². The van der Waals surface area contributed by atoms with Crippen LogP contribution in [0.15, 0.2) is 36.5 Å². The number of pyridine rings is 1. The lowest BCUT2D eigenvalue weighted by Crippen LogP contribution is -2.24. The molecule has 3 heteroatoms. The first-order chi connectivity index (χ1) is 9.26. The van der Waals surface area contributed by atoms with E-state index < -0.39 is 0 Å². The molecular weight excluding hydrogens is 236 g/mol. The van der Waals surface area contributed by atoms with Crippen molar-refractivity contribution >= 4 is 16.7 Å². The summed E-state index contributed by atoms with van der Waals surface area (Å²) < 4.78 is 0. The number of fused-ring (bicyclic) bond motifs is 1. The number of nitrogens with zero attached hydrogens (tertiary/aromatic N) is 2. The van der Waals surface area contributed by atoms with Crippen LogP contribution in [0.2, 0.25) is 0 Å². The maximum absolute atomic E-state index is 11.8. The molecule has 1 fully saturated rings. The predicted molar refractivity (Wildman–Crippen MR) is 74.1 cm³/mol. The van der Waals surface area contributed by atoms with Gasteiger partial charge >= 0.3 is 0 Å². The lowest BCUT2D eigenvalue weighted by molar-refractivity contribution is -0.128. The van der Waals surface area contributed by atoms with Crippen LogP contribution in [-0.4, -0.2) is 22.3 Å². The van der Waals surface area contributed by atoms with Crippen LogP contribution in [0.4, 0.5) is 0 Å². The molecule has 19 heavy (non-hydrogen) atoms. The van der Waals surface area contributed by atoms with Gasteiger partial charge in [0.2, 0.25) is 5.91 Å². The number of amides is 1. The number of hydrogen-bond donors (Lipinski definition) is 0. The highest BCUT2D eigenvalue weighted by atomic mass is 16.2. The van der Waals surface area contributed by atoms with Crippen molar-refractivity contribution < 1.29 is 4.79 Å². The molecule has 0 spiro atoms. The molecule has 3 rings (SSSR count). The zero-order valence-electron chi connectivity index (χ0n) is 10.5. The summed E-state index contributed by atoms with van der Waals surface area (Å²) in [5, 5.41) is 2.26. The first-order valence-corrected chi connectivity index (χ1v) is 6.34. The summed E-state index contributed by atoms with van der Waals surface area (Å²) in [6.45, 7) is 1.19. The van der Waals surface area contributed by atoms with Crippen molar-refractivity contribution in [3.63, 3.8) is 0 Å². The molecule has 0 saturated carbocycles. The molecule has 2 aromatic rings. The monoisotopic (exact) mass is 250 g/mol. The van der Waals surface area contributed by atoms with Crippen LogP contribution < -0.4 is 0 Å². The largest absolute Gasteiger partial charge is 0.336 e. The van der Waals surface area contributed by atoms with Crippen molar-refractivity contribution in [3.8, 4) is 12.3 Å². The van der Waals surface area contributed by atoms with Crippen LogP contribution in [0, 0.1) is 18.3 Å². The molecule has 0 N–H and O–H groups in total. The highest BCUT2D eigenvalue weighted by molar-refractivity contribution is 5.82. The highest BCUT2D eigenvalue weighted by Crippen LogP contribution is 2.20. The number of carbonyl (C=O) groups is 1. The highest BCUT2D eigenvalue weighted by Gasteiger charge is 2.28. The van der Waals surface area contributed by atoms with Crippen molar-refractivity contribution in [2.24, 2.45) is 5.92 Å². The Morgan fingerprint density at radius 1 is 1.37 bits per heavy atom. The Labute approximate surface area is 112 Å². The van der Waals surface area contributed by atoms with Gasteiger partial charge in [0.1, 0.15) is 0 Å². The fraction of sp³-hybridized carbons (Fsp3) is 0.250. The molecule has 2 heterocycles. The third-order valence-electron chi connectivity index (χ3n) is 3.49. The molecule has 1 aromatic carbocycles. The van der Waals surface area contributed by atoms with Crippen LogP contribution in [-0.2, 0) is 11.3 Å². The molecule has 94 valence electrons. The average Bonchev–Trinajstić information content (AvgIpc) is 2.79. The van der Waals surface area contributed by atoms with Crippen LogP contribution in [0.5, 0.6) is 0 Å². The van der Waals surface area contributed by atoms with Gasteiger partial charge in [0, 0.05) is 30.5 Å². The summed E-state index contributed by atoms with van der Waals surface area (Å²) >= 11 is 0. The number of likely N-dealkylation sites (tertiary alicyclic amines) is 1. The van der Waals surface area contributed by atoms with E-state index in [1.165, 1.54) is 0 Å². The number of hydrogen-bond acceptors (Lipinski definition) is 2. The van der Waals surface area contributed by atoms with Gasteiger partial charge in [0.15, 0.2) is 0 Å². The van der Waals surface area contributed by atoms with Crippen molar-refractivity contribution in [2.45, 2.75) is 13.0 Å². The minimum absolute atomic E-state index is 0.0490. The lowest BCUT2D eigenvalue weighted by Gasteiger charge is -2.15. The van der Waals surface area contributed by atoms with Gasteiger partial charge in [-0.2, -0.15) is 0 Å². The predicted octanol–water partition coefficient (Wildman–Crippen LogP) is 2.22.